The zero-order valence-electron chi connectivity index (χ0n) is 12.9. The third-order valence-electron chi connectivity index (χ3n) is 3.66. The third-order valence-corrected chi connectivity index (χ3v) is 3.66. The van der Waals surface area contributed by atoms with Gasteiger partial charge in [0.1, 0.15) is 11.6 Å². The van der Waals surface area contributed by atoms with Crippen LogP contribution in [0.5, 0.6) is 5.75 Å². The zero-order chi connectivity index (χ0) is 15.6. The van der Waals surface area contributed by atoms with Gasteiger partial charge in [-0.15, -0.1) is 0 Å². The first-order valence-corrected chi connectivity index (χ1v) is 7.06. The van der Waals surface area contributed by atoms with Gasteiger partial charge in [0.05, 0.1) is 13.7 Å². The van der Waals surface area contributed by atoms with Crippen LogP contribution < -0.4 is 4.74 Å². The van der Waals surface area contributed by atoms with E-state index in [1.807, 2.05) is 45.0 Å². The molecule has 0 bridgehead atoms. The van der Waals surface area contributed by atoms with Crippen molar-refractivity contribution >= 4 is 0 Å². The van der Waals surface area contributed by atoms with Crippen molar-refractivity contribution in [3.05, 3.63) is 52.8 Å². The van der Waals surface area contributed by atoms with Crippen LogP contribution in [0, 0.1) is 12.7 Å². The molecule has 2 aromatic rings. The minimum Gasteiger partial charge on any atom is -0.496 e. The molecule has 0 aliphatic carbocycles. The van der Waals surface area contributed by atoms with Crippen LogP contribution in [-0.4, -0.2) is 12.2 Å². The molecule has 0 saturated heterocycles. The number of benzene rings is 2. The fraction of sp³-hybridized carbons (Fsp3) is 0.333. The van der Waals surface area contributed by atoms with Gasteiger partial charge in [-0.2, -0.15) is 0 Å². The predicted molar refractivity (Wildman–Crippen MR) is 83.1 cm³/mol. The summed E-state index contributed by atoms with van der Waals surface area (Å²) in [6.45, 7) is 5.83. The number of aryl methyl sites for hydroxylation is 1. The fourth-order valence-electron chi connectivity index (χ4n) is 2.51. The molecule has 1 N–H and O–H groups in total. The van der Waals surface area contributed by atoms with Crippen LogP contribution in [0.1, 0.15) is 36.5 Å². The Morgan fingerprint density at radius 2 is 1.86 bits per heavy atom. The molecule has 0 saturated carbocycles. The van der Waals surface area contributed by atoms with Crippen molar-refractivity contribution in [2.75, 3.05) is 7.11 Å². The summed E-state index contributed by atoms with van der Waals surface area (Å²) in [5, 5.41) is 9.59. The summed E-state index contributed by atoms with van der Waals surface area (Å²) < 4.78 is 19.4. The van der Waals surface area contributed by atoms with Gasteiger partial charge in [-0.05, 0) is 35.6 Å². The van der Waals surface area contributed by atoms with Crippen LogP contribution in [0.25, 0.3) is 11.1 Å². The Balaban J connectivity index is 2.70. The molecule has 0 aliphatic heterocycles. The lowest BCUT2D eigenvalue weighted by molar-refractivity contribution is 0.282. The van der Waals surface area contributed by atoms with Gasteiger partial charge < -0.3 is 9.84 Å². The van der Waals surface area contributed by atoms with Crippen LogP contribution in [0.15, 0.2) is 30.3 Å². The lowest BCUT2D eigenvalue weighted by Crippen LogP contribution is -1.99. The van der Waals surface area contributed by atoms with Crippen molar-refractivity contribution in [1.29, 1.82) is 0 Å². The highest BCUT2D eigenvalue weighted by molar-refractivity contribution is 5.74. The third kappa shape index (κ3) is 3.08. The molecule has 0 unspecified atom stereocenters. The predicted octanol–water partition coefficient (Wildman–Crippen LogP) is 4.43. The Kier molecular flexibility index (Phi) is 4.63. The van der Waals surface area contributed by atoms with Crippen LogP contribution in [0.2, 0.25) is 0 Å². The van der Waals surface area contributed by atoms with Crippen molar-refractivity contribution in [3.8, 4) is 16.9 Å². The van der Waals surface area contributed by atoms with E-state index in [0.29, 0.717) is 11.3 Å². The molecule has 0 spiro atoms. The Labute approximate surface area is 125 Å². The standard InChI is InChI=1S/C18H21FO2/c1-11(2)15-8-16(18(21-4)9-17(15)19)14-6-5-12(3)7-13(14)10-20/h5-9,11,20H,10H2,1-4H3. The SMILES string of the molecule is COc1cc(F)c(C(C)C)cc1-c1ccc(C)cc1CO. The summed E-state index contributed by atoms with van der Waals surface area (Å²) in [6.07, 6.45) is 0. The first kappa shape index (κ1) is 15.5. The molecule has 0 heterocycles. The van der Waals surface area contributed by atoms with E-state index in [-0.39, 0.29) is 18.3 Å². The molecule has 3 heteroatoms. The quantitative estimate of drug-likeness (QED) is 0.902. The summed E-state index contributed by atoms with van der Waals surface area (Å²) >= 11 is 0. The summed E-state index contributed by atoms with van der Waals surface area (Å²) in [5.41, 5.74) is 4.23. The van der Waals surface area contributed by atoms with E-state index in [1.54, 1.807) is 0 Å². The molecule has 2 nitrogen and oxygen atoms in total. The van der Waals surface area contributed by atoms with Gasteiger partial charge in [-0.3, -0.25) is 0 Å². The van der Waals surface area contributed by atoms with Crippen molar-refractivity contribution < 1.29 is 14.2 Å². The average molecular weight is 288 g/mol. The van der Waals surface area contributed by atoms with Crippen LogP contribution >= 0.6 is 0 Å². The molecule has 2 rings (SSSR count). The van der Waals surface area contributed by atoms with Gasteiger partial charge in [0.15, 0.2) is 0 Å². The highest BCUT2D eigenvalue weighted by Gasteiger charge is 2.16. The van der Waals surface area contributed by atoms with Crippen LogP contribution in [0.4, 0.5) is 4.39 Å². The molecule has 112 valence electrons. The van der Waals surface area contributed by atoms with Crippen molar-refractivity contribution in [2.24, 2.45) is 0 Å². The number of rotatable bonds is 4. The van der Waals surface area contributed by atoms with Gasteiger partial charge in [-0.25, -0.2) is 4.39 Å². The van der Waals surface area contributed by atoms with E-state index in [0.717, 1.165) is 22.3 Å². The molecule has 0 fully saturated rings. The molecule has 0 atom stereocenters. The highest BCUT2D eigenvalue weighted by Crippen LogP contribution is 2.36. The van der Waals surface area contributed by atoms with E-state index >= 15 is 0 Å². The van der Waals surface area contributed by atoms with Crippen LogP contribution in [0.3, 0.4) is 0 Å². The first-order chi connectivity index (χ1) is 9.97. The van der Waals surface area contributed by atoms with Gasteiger partial charge in [0.2, 0.25) is 0 Å². The Hall–Kier alpha value is -1.87. The van der Waals surface area contributed by atoms with Gasteiger partial charge >= 0.3 is 0 Å². The van der Waals surface area contributed by atoms with Crippen molar-refractivity contribution in [2.45, 2.75) is 33.3 Å². The Morgan fingerprint density at radius 3 is 2.43 bits per heavy atom. The topological polar surface area (TPSA) is 29.5 Å². The van der Waals surface area contributed by atoms with Crippen molar-refractivity contribution in [3.63, 3.8) is 0 Å². The average Bonchev–Trinajstić information content (AvgIpc) is 2.46. The molecule has 2 aromatic carbocycles. The summed E-state index contributed by atoms with van der Waals surface area (Å²) in [5.74, 6) is 0.302. The van der Waals surface area contributed by atoms with Gasteiger partial charge in [0, 0.05) is 11.6 Å². The molecule has 0 aromatic heterocycles. The normalized spacial score (nSPS) is 11.0. The minimum absolute atomic E-state index is 0.0610. The molecular weight excluding hydrogens is 267 g/mol. The Morgan fingerprint density at radius 1 is 1.14 bits per heavy atom. The number of hydrogen-bond acceptors (Lipinski definition) is 2. The second kappa shape index (κ2) is 6.27. The molecule has 0 amide bonds. The van der Waals surface area contributed by atoms with Crippen LogP contribution in [-0.2, 0) is 6.61 Å². The number of methoxy groups -OCH3 is 1. The zero-order valence-corrected chi connectivity index (χ0v) is 12.9. The lowest BCUT2D eigenvalue weighted by atomic mass is 9.93. The minimum atomic E-state index is -0.261. The molecular formula is C18H21FO2. The first-order valence-electron chi connectivity index (χ1n) is 7.06. The summed E-state index contributed by atoms with van der Waals surface area (Å²) in [4.78, 5) is 0. The lowest BCUT2D eigenvalue weighted by Gasteiger charge is -2.16. The maximum absolute atomic E-state index is 14.1. The molecule has 0 radical (unpaired) electrons. The highest BCUT2D eigenvalue weighted by atomic mass is 19.1. The smallest absolute Gasteiger partial charge is 0.130 e. The second-order valence-electron chi connectivity index (χ2n) is 5.55. The maximum atomic E-state index is 14.1. The van der Waals surface area contributed by atoms with E-state index < -0.39 is 0 Å². The van der Waals surface area contributed by atoms with E-state index in [2.05, 4.69) is 0 Å². The van der Waals surface area contributed by atoms with E-state index in [9.17, 15) is 9.50 Å². The van der Waals surface area contributed by atoms with E-state index in [1.165, 1.54) is 13.2 Å². The van der Waals surface area contributed by atoms with E-state index in [4.69, 9.17) is 4.74 Å². The molecule has 21 heavy (non-hydrogen) atoms. The largest absolute Gasteiger partial charge is 0.496 e. The second-order valence-corrected chi connectivity index (χ2v) is 5.55. The number of aliphatic hydroxyl groups excluding tert-OH is 1. The van der Waals surface area contributed by atoms with Gasteiger partial charge in [-0.1, -0.05) is 37.6 Å². The van der Waals surface area contributed by atoms with Gasteiger partial charge in [0.25, 0.3) is 0 Å². The maximum Gasteiger partial charge on any atom is 0.130 e. The fourth-order valence-corrected chi connectivity index (χ4v) is 2.51. The molecule has 0 aliphatic rings. The number of halogens is 1. The number of ether oxygens (including phenoxy) is 1. The summed E-state index contributed by atoms with van der Waals surface area (Å²) in [7, 11) is 1.53. The van der Waals surface area contributed by atoms with Crippen molar-refractivity contribution in [1.82, 2.24) is 0 Å². The number of hydrogen-bond donors (Lipinski definition) is 1. The Bertz CT molecular complexity index is 648. The number of aliphatic hydroxyl groups is 1. The monoisotopic (exact) mass is 288 g/mol. The summed E-state index contributed by atoms with van der Waals surface area (Å²) in [6, 6.07) is 9.11.